The van der Waals surface area contributed by atoms with Gasteiger partial charge in [-0.05, 0) is 66.8 Å². The molecule has 0 fully saturated rings. The van der Waals surface area contributed by atoms with Gasteiger partial charge >= 0.3 is 0 Å². The van der Waals surface area contributed by atoms with Gasteiger partial charge < -0.3 is 4.57 Å². The Hall–Kier alpha value is -2.98. The van der Waals surface area contributed by atoms with Crippen LogP contribution in [0.15, 0.2) is 65.7 Å². The molecule has 4 heteroatoms. The number of nitrogens with zero attached hydrogens (tertiary/aromatic N) is 2. The van der Waals surface area contributed by atoms with E-state index in [0.29, 0.717) is 5.56 Å². The van der Waals surface area contributed by atoms with Gasteiger partial charge in [0.25, 0.3) is 5.91 Å². The van der Waals surface area contributed by atoms with Crippen LogP contribution in [0.5, 0.6) is 0 Å². The molecule has 152 valence electrons. The predicted octanol–water partition coefficient (Wildman–Crippen LogP) is 6.31. The van der Waals surface area contributed by atoms with Crippen LogP contribution in [-0.2, 0) is 13.0 Å². The van der Waals surface area contributed by atoms with E-state index in [9.17, 15) is 4.79 Å². The minimum Gasteiger partial charge on any atom is -0.316 e. The minimum absolute atomic E-state index is 0.190. The van der Waals surface area contributed by atoms with E-state index in [4.69, 9.17) is 0 Å². The average molecular weight is 415 g/mol. The van der Waals surface area contributed by atoms with Gasteiger partial charge in [-0.1, -0.05) is 55.5 Å². The zero-order valence-electron chi connectivity index (χ0n) is 17.9. The molecule has 0 aliphatic rings. The number of rotatable bonds is 4. The Labute approximate surface area is 181 Å². The molecule has 0 N–H and O–H groups in total. The topological polar surface area (TPSA) is 34.4 Å². The molecule has 3 nitrogen and oxygen atoms in total. The molecule has 0 bridgehead atoms. The highest BCUT2D eigenvalue weighted by Crippen LogP contribution is 2.28. The van der Waals surface area contributed by atoms with Crippen molar-refractivity contribution in [1.82, 2.24) is 4.57 Å². The summed E-state index contributed by atoms with van der Waals surface area (Å²) in [6, 6.07) is 20.3. The highest BCUT2D eigenvalue weighted by molar-refractivity contribution is 7.09. The van der Waals surface area contributed by atoms with Crippen LogP contribution in [0.25, 0.3) is 22.0 Å². The smallest absolute Gasteiger partial charge is 0.280 e. The SMILES string of the molecule is CCc1sc(=NC(=O)c2cccc3ccccc23)n(CC)c1-c1ccc(C)c(C)c1. The third kappa shape index (κ3) is 3.63. The Morgan fingerprint density at radius 3 is 2.47 bits per heavy atom. The Bertz CT molecular complexity index is 1310. The van der Waals surface area contributed by atoms with Gasteiger partial charge in [0.05, 0.1) is 5.69 Å². The summed E-state index contributed by atoms with van der Waals surface area (Å²) in [4.78, 5) is 19.8. The quantitative estimate of drug-likeness (QED) is 0.385. The summed E-state index contributed by atoms with van der Waals surface area (Å²) in [6.45, 7) is 9.30. The zero-order chi connectivity index (χ0) is 21.3. The third-order valence-electron chi connectivity index (χ3n) is 5.61. The first-order valence-electron chi connectivity index (χ1n) is 10.4. The number of carbonyl (C=O) groups excluding carboxylic acids is 1. The fraction of sp³-hybridized carbons (Fsp3) is 0.231. The van der Waals surface area contributed by atoms with Crippen molar-refractivity contribution >= 4 is 28.0 Å². The molecule has 0 saturated heterocycles. The summed E-state index contributed by atoms with van der Waals surface area (Å²) in [5.41, 5.74) is 5.57. The Kier molecular flexibility index (Phi) is 5.69. The number of aromatic nitrogens is 1. The second-order valence-corrected chi connectivity index (χ2v) is 8.56. The molecule has 0 aliphatic carbocycles. The molecular formula is C26H26N2OS. The number of hydrogen-bond acceptors (Lipinski definition) is 2. The molecule has 4 rings (SSSR count). The molecule has 1 aromatic heterocycles. The van der Waals surface area contributed by atoms with Gasteiger partial charge in [-0.15, -0.1) is 11.3 Å². The van der Waals surface area contributed by atoms with Gasteiger partial charge in [0.1, 0.15) is 0 Å². The molecular weight excluding hydrogens is 388 g/mol. The fourth-order valence-corrected chi connectivity index (χ4v) is 4.99. The maximum atomic E-state index is 13.2. The molecule has 0 spiro atoms. The van der Waals surface area contributed by atoms with Crippen molar-refractivity contribution in [1.29, 1.82) is 0 Å². The van der Waals surface area contributed by atoms with Crippen LogP contribution in [0.1, 0.15) is 40.2 Å². The van der Waals surface area contributed by atoms with Crippen molar-refractivity contribution in [2.75, 3.05) is 0 Å². The molecule has 4 aromatic rings. The van der Waals surface area contributed by atoms with E-state index in [1.54, 1.807) is 11.3 Å². The summed E-state index contributed by atoms with van der Waals surface area (Å²) in [6.07, 6.45) is 0.908. The van der Waals surface area contributed by atoms with Crippen molar-refractivity contribution < 1.29 is 4.79 Å². The number of thiazole rings is 1. The van der Waals surface area contributed by atoms with Crippen molar-refractivity contribution in [2.45, 2.75) is 40.7 Å². The fourth-order valence-electron chi connectivity index (χ4n) is 3.84. The zero-order valence-corrected chi connectivity index (χ0v) is 18.7. The summed E-state index contributed by atoms with van der Waals surface area (Å²) in [5, 5.41) is 2.00. The number of aryl methyl sites for hydroxylation is 3. The standard InChI is InChI=1S/C26H26N2OS/c1-5-23-24(20-15-14-17(3)18(4)16-20)28(6-2)26(30-23)27-25(29)22-13-9-11-19-10-7-8-12-21(19)22/h7-16H,5-6H2,1-4H3. The number of amides is 1. The van der Waals surface area contributed by atoms with E-state index >= 15 is 0 Å². The molecule has 0 atom stereocenters. The monoisotopic (exact) mass is 414 g/mol. The van der Waals surface area contributed by atoms with E-state index in [-0.39, 0.29) is 5.91 Å². The first kappa shape index (κ1) is 20.3. The molecule has 3 aromatic carbocycles. The third-order valence-corrected chi connectivity index (χ3v) is 6.84. The van der Waals surface area contributed by atoms with Crippen molar-refractivity contribution in [3.8, 4) is 11.3 Å². The predicted molar refractivity (Wildman–Crippen MR) is 126 cm³/mol. The van der Waals surface area contributed by atoms with E-state index < -0.39 is 0 Å². The minimum atomic E-state index is -0.190. The molecule has 0 saturated carbocycles. The lowest BCUT2D eigenvalue weighted by molar-refractivity contribution is 0.0999. The highest BCUT2D eigenvalue weighted by Gasteiger charge is 2.16. The van der Waals surface area contributed by atoms with Crippen LogP contribution < -0.4 is 4.80 Å². The second kappa shape index (κ2) is 8.41. The number of hydrogen-bond donors (Lipinski definition) is 0. The van der Waals surface area contributed by atoms with Gasteiger partial charge in [0.15, 0.2) is 4.80 Å². The van der Waals surface area contributed by atoms with E-state index in [1.807, 2.05) is 42.5 Å². The normalized spacial score (nSPS) is 11.9. The van der Waals surface area contributed by atoms with Crippen LogP contribution >= 0.6 is 11.3 Å². The second-order valence-electron chi connectivity index (χ2n) is 7.50. The van der Waals surface area contributed by atoms with Crippen LogP contribution in [0.4, 0.5) is 0 Å². The molecule has 0 aliphatic heterocycles. The number of carbonyl (C=O) groups is 1. The maximum absolute atomic E-state index is 13.2. The number of fused-ring (bicyclic) bond motifs is 1. The molecule has 1 amide bonds. The Morgan fingerprint density at radius 1 is 0.967 bits per heavy atom. The molecule has 30 heavy (non-hydrogen) atoms. The summed E-state index contributed by atoms with van der Waals surface area (Å²) >= 11 is 1.62. The van der Waals surface area contributed by atoms with Gasteiger partial charge in [-0.3, -0.25) is 4.79 Å². The first-order valence-corrected chi connectivity index (χ1v) is 11.2. The average Bonchev–Trinajstić information content (AvgIpc) is 3.12. The Morgan fingerprint density at radius 2 is 1.73 bits per heavy atom. The molecule has 0 radical (unpaired) electrons. The lowest BCUT2D eigenvalue weighted by Crippen LogP contribution is -2.17. The van der Waals surface area contributed by atoms with E-state index in [0.717, 1.165) is 28.5 Å². The largest absolute Gasteiger partial charge is 0.316 e. The lowest BCUT2D eigenvalue weighted by atomic mass is 10.0. The van der Waals surface area contributed by atoms with Crippen LogP contribution in [0, 0.1) is 13.8 Å². The van der Waals surface area contributed by atoms with Crippen molar-refractivity contribution in [3.63, 3.8) is 0 Å². The van der Waals surface area contributed by atoms with Gasteiger partial charge in [0, 0.05) is 17.0 Å². The lowest BCUT2D eigenvalue weighted by Gasteiger charge is -2.10. The van der Waals surface area contributed by atoms with Crippen LogP contribution in [0.3, 0.4) is 0 Å². The van der Waals surface area contributed by atoms with Gasteiger partial charge in [0.2, 0.25) is 0 Å². The van der Waals surface area contributed by atoms with E-state index in [2.05, 4.69) is 55.5 Å². The number of benzene rings is 3. The summed E-state index contributed by atoms with van der Waals surface area (Å²) in [5.74, 6) is -0.190. The maximum Gasteiger partial charge on any atom is 0.280 e. The van der Waals surface area contributed by atoms with Crippen LogP contribution in [-0.4, -0.2) is 10.5 Å². The van der Waals surface area contributed by atoms with Crippen molar-refractivity contribution in [2.24, 2.45) is 4.99 Å². The highest BCUT2D eigenvalue weighted by atomic mass is 32.1. The van der Waals surface area contributed by atoms with Crippen LogP contribution in [0.2, 0.25) is 0 Å². The summed E-state index contributed by atoms with van der Waals surface area (Å²) in [7, 11) is 0. The molecule has 1 heterocycles. The van der Waals surface area contributed by atoms with E-state index in [1.165, 1.54) is 27.3 Å². The summed E-state index contributed by atoms with van der Waals surface area (Å²) < 4.78 is 2.18. The van der Waals surface area contributed by atoms with Gasteiger partial charge in [-0.25, -0.2) is 0 Å². The van der Waals surface area contributed by atoms with Crippen molar-refractivity contribution in [3.05, 3.63) is 87.0 Å². The first-order chi connectivity index (χ1) is 14.5. The Balaban J connectivity index is 1.88. The molecule has 0 unspecified atom stereocenters. The van der Waals surface area contributed by atoms with Gasteiger partial charge in [-0.2, -0.15) is 4.99 Å².